The summed E-state index contributed by atoms with van der Waals surface area (Å²) >= 11 is 4.52. The lowest BCUT2D eigenvalue weighted by Gasteiger charge is -2.17. The Labute approximate surface area is 100 Å². The molecule has 0 saturated heterocycles. The zero-order chi connectivity index (χ0) is 12.0. The minimum absolute atomic E-state index is 0.185. The number of carbonyl (C=O) groups is 1. The largest absolute Gasteiger partial charge is 0.460 e. The van der Waals surface area contributed by atoms with Crippen molar-refractivity contribution in [2.45, 2.75) is 19.4 Å². The van der Waals surface area contributed by atoms with Gasteiger partial charge in [0.1, 0.15) is 6.61 Å². The Morgan fingerprint density at radius 3 is 2.62 bits per heavy atom. The molecule has 16 heavy (non-hydrogen) atoms. The first-order chi connectivity index (χ1) is 7.55. The number of rotatable bonds is 4. The maximum absolute atomic E-state index is 11.6. The van der Waals surface area contributed by atoms with Crippen LogP contribution in [0.15, 0.2) is 35.3 Å². The molecule has 0 atom stereocenters. The highest BCUT2D eigenvalue weighted by atomic mass is 32.1. The first-order valence-corrected chi connectivity index (χ1v) is 5.27. The van der Waals surface area contributed by atoms with Gasteiger partial charge in [-0.2, -0.15) is 0 Å². The summed E-state index contributed by atoms with van der Waals surface area (Å²) in [6, 6.07) is 8.83. The number of ether oxygens (including phenoxy) is 1. The Bertz CT molecular complexity index is 408. The standard InChI is InChI=1S/C12H13NO2S/c1-12(2,13-9-16)8-15-11(14)10-6-4-3-5-7-10/h3-7H,8H2,1-2H3. The highest BCUT2D eigenvalue weighted by molar-refractivity contribution is 7.78. The number of thiocarbonyl (C=S) groups is 1. The van der Waals surface area contributed by atoms with Crippen LogP contribution in [-0.4, -0.2) is 23.3 Å². The second-order valence-corrected chi connectivity index (χ2v) is 4.14. The number of hydrogen-bond acceptors (Lipinski definition) is 4. The Morgan fingerprint density at radius 1 is 1.44 bits per heavy atom. The molecule has 3 nitrogen and oxygen atoms in total. The van der Waals surface area contributed by atoms with Crippen molar-refractivity contribution in [3.8, 4) is 0 Å². The average Bonchev–Trinajstić information content (AvgIpc) is 2.27. The minimum atomic E-state index is -0.522. The van der Waals surface area contributed by atoms with Crippen molar-refractivity contribution in [1.29, 1.82) is 0 Å². The van der Waals surface area contributed by atoms with E-state index in [2.05, 4.69) is 22.4 Å². The summed E-state index contributed by atoms with van der Waals surface area (Å²) < 4.78 is 5.13. The summed E-state index contributed by atoms with van der Waals surface area (Å²) in [6.07, 6.45) is 0. The van der Waals surface area contributed by atoms with E-state index in [1.165, 1.54) is 0 Å². The molecular formula is C12H13NO2S. The first-order valence-electron chi connectivity index (χ1n) is 4.86. The van der Waals surface area contributed by atoms with E-state index in [9.17, 15) is 4.79 Å². The molecule has 0 radical (unpaired) electrons. The summed E-state index contributed by atoms with van der Waals surface area (Å²) in [5.41, 5.74) is 0.0104. The molecule has 0 spiro atoms. The van der Waals surface area contributed by atoms with Gasteiger partial charge in [-0.05, 0) is 38.2 Å². The molecule has 0 aliphatic heterocycles. The van der Waals surface area contributed by atoms with Crippen LogP contribution in [0, 0.1) is 0 Å². The lowest BCUT2D eigenvalue weighted by atomic mass is 10.1. The molecule has 4 heteroatoms. The van der Waals surface area contributed by atoms with E-state index in [0.717, 1.165) is 0 Å². The third-order valence-electron chi connectivity index (χ3n) is 1.91. The first kappa shape index (κ1) is 12.6. The molecule has 0 amide bonds. The van der Waals surface area contributed by atoms with Crippen molar-refractivity contribution in [3.05, 3.63) is 35.9 Å². The van der Waals surface area contributed by atoms with E-state index in [1.807, 2.05) is 19.9 Å². The van der Waals surface area contributed by atoms with Gasteiger partial charge in [0, 0.05) is 0 Å². The van der Waals surface area contributed by atoms with Gasteiger partial charge in [0.2, 0.25) is 0 Å². The number of benzene rings is 1. The van der Waals surface area contributed by atoms with Gasteiger partial charge in [0.05, 0.1) is 16.3 Å². The number of hydrogen-bond donors (Lipinski definition) is 0. The molecule has 0 saturated carbocycles. The second-order valence-electron chi connectivity index (χ2n) is 3.96. The molecule has 1 aromatic rings. The summed E-state index contributed by atoms with van der Waals surface area (Å²) in [5.74, 6) is -0.353. The fourth-order valence-corrected chi connectivity index (χ4v) is 1.30. The third kappa shape index (κ3) is 3.93. The zero-order valence-corrected chi connectivity index (χ0v) is 10.1. The maximum Gasteiger partial charge on any atom is 0.338 e. The Balaban J connectivity index is 2.57. The molecule has 0 unspecified atom stereocenters. The SMILES string of the molecule is CC(C)(COC(=O)c1ccccc1)N=C=S. The maximum atomic E-state index is 11.6. The van der Waals surface area contributed by atoms with Crippen molar-refractivity contribution in [2.24, 2.45) is 4.99 Å². The Hall–Kier alpha value is -1.51. The van der Waals surface area contributed by atoms with Crippen LogP contribution in [0.2, 0.25) is 0 Å². The molecule has 0 fully saturated rings. The molecular weight excluding hydrogens is 222 g/mol. The van der Waals surface area contributed by atoms with Crippen molar-refractivity contribution in [2.75, 3.05) is 6.61 Å². The van der Waals surface area contributed by atoms with E-state index < -0.39 is 5.54 Å². The predicted molar refractivity (Wildman–Crippen MR) is 65.8 cm³/mol. The van der Waals surface area contributed by atoms with Crippen LogP contribution in [0.5, 0.6) is 0 Å². The van der Waals surface area contributed by atoms with E-state index in [4.69, 9.17) is 4.74 Å². The molecule has 0 heterocycles. The van der Waals surface area contributed by atoms with Crippen molar-refractivity contribution < 1.29 is 9.53 Å². The van der Waals surface area contributed by atoms with Gasteiger partial charge in [-0.15, -0.1) is 0 Å². The van der Waals surface area contributed by atoms with E-state index >= 15 is 0 Å². The summed E-state index contributed by atoms with van der Waals surface area (Å²) in [4.78, 5) is 15.5. The number of nitrogens with zero attached hydrogens (tertiary/aromatic N) is 1. The van der Waals surface area contributed by atoms with Gasteiger partial charge in [-0.3, -0.25) is 0 Å². The molecule has 0 aliphatic rings. The summed E-state index contributed by atoms with van der Waals surface area (Å²) in [7, 11) is 0. The zero-order valence-electron chi connectivity index (χ0n) is 9.27. The number of aliphatic imine (C=N–C) groups is 1. The van der Waals surface area contributed by atoms with Crippen LogP contribution in [0.4, 0.5) is 0 Å². The average molecular weight is 235 g/mol. The third-order valence-corrected chi connectivity index (χ3v) is 2.01. The highest BCUT2D eigenvalue weighted by Crippen LogP contribution is 2.10. The van der Waals surface area contributed by atoms with E-state index in [-0.39, 0.29) is 12.6 Å². The predicted octanol–water partition coefficient (Wildman–Crippen LogP) is 2.72. The van der Waals surface area contributed by atoms with Crippen LogP contribution in [0.25, 0.3) is 0 Å². The van der Waals surface area contributed by atoms with Gasteiger partial charge in [0.15, 0.2) is 0 Å². The highest BCUT2D eigenvalue weighted by Gasteiger charge is 2.19. The quantitative estimate of drug-likeness (QED) is 0.457. The summed E-state index contributed by atoms with van der Waals surface area (Å²) in [6.45, 7) is 3.83. The van der Waals surface area contributed by atoms with Gasteiger partial charge in [-0.25, -0.2) is 9.79 Å². The van der Waals surface area contributed by atoms with Crippen molar-refractivity contribution >= 4 is 23.3 Å². The molecule has 0 N–H and O–H groups in total. The molecule has 0 aliphatic carbocycles. The van der Waals surface area contributed by atoms with Gasteiger partial charge >= 0.3 is 5.97 Å². The Morgan fingerprint density at radius 2 is 2.06 bits per heavy atom. The fourth-order valence-electron chi connectivity index (χ4n) is 1.06. The van der Waals surface area contributed by atoms with Gasteiger partial charge in [0.25, 0.3) is 0 Å². The van der Waals surface area contributed by atoms with Crippen LogP contribution >= 0.6 is 12.2 Å². The lowest BCUT2D eigenvalue weighted by molar-refractivity contribution is 0.0435. The van der Waals surface area contributed by atoms with Crippen LogP contribution in [0.3, 0.4) is 0 Å². The van der Waals surface area contributed by atoms with E-state index in [0.29, 0.717) is 5.56 Å². The fraction of sp³-hybridized carbons (Fsp3) is 0.333. The number of carbonyl (C=O) groups excluding carboxylic acids is 1. The monoisotopic (exact) mass is 235 g/mol. The van der Waals surface area contributed by atoms with Crippen LogP contribution in [0.1, 0.15) is 24.2 Å². The van der Waals surface area contributed by atoms with Crippen LogP contribution < -0.4 is 0 Å². The smallest absolute Gasteiger partial charge is 0.338 e. The normalized spacial score (nSPS) is 10.4. The molecule has 0 bridgehead atoms. The molecule has 84 valence electrons. The van der Waals surface area contributed by atoms with Crippen LogP contribution in [-0.2, 0) is 4.74 Å². The topological polar surface area (TPSA) is 38.7 Å². The summed E-state index contributed by atoms with van der Waals surface area (Å²) in [5, 5.41) is 2.29. The van der Waals surface area contributed by atoms with Crippen molar-refractivity contribution in [1.82, 2.24) is 0 Å². The number of esters is 1. The Kier molecular flexibility index (Phi) is 4.35. The van der Waals surface area contributed by atoms with Gasteiger partial charge in [-0.1, -0.05) is 18.2 Å². The molecule has 1 aromatic carbocycles. The minimum Gasteiger partial charge on any atom is -0.460 e. The molecule has 0 aromatic heterocycles. The van der Waals surface area contributed by atoms with Crippen molar-refractivity contribution in [3.63, 3.8) is 0 Å². The lowest BCUT2D eigenvalue weighted by Crippen LogP contribution is -2.26. The molecule has 1 rings (SSSR count). The van der Waals surface area contributed by atoms with E-state index in [1.54, 1.807) is 24.3 Å². The number of isothiocyanates is 1. The van der Waals surface area contributed by atoms with Gasteiger partial charge < -0.3 is 4.74 Å². The second kappa shape index (κ2) is 5.54.